The van der Waals surface area contributed by atoms with Gasteiger partial charge in [-0.1, -0.05) is 18.2 Å². The second kappa shape index (κ2) is 13.3. The molecule has 2 N–H and O–H groups in total. The maximum atomic E-state index is 4.62. The molecule has 1 aromatic carbocycles. The first-order valence-corrected chi connectivity index (χ1v) is 9.47. The number of guanidine groups is 1. The minimum atomic E-state index is 0. The lowest BCUT2D eigenvalue weighted by Crippen LogP contribution is -2.39. The van der Waals surface area contributed by atoms with E-state index in [1.807, 2.05) is 4.57 Å². The SMILES string of the molecule is CCNC(=NCc1nncn1CC)NCCCN(CC)c1ccccc1.I. The number of aliphatic imine (C=N–C) groups is 1. The molecular formula is C19H32IN7. The van der Waals surface area contributed by atoms with Crippen molar-refractivity contribution in [2.45, 2.75) is 40.3 Å². The Morgan fingerprint density at radius 2 is 1.93 bits per heavy atom. The Morgan fingerprint density at radius 3 is 2.59 bits per heavy atom. The van der Waals surface area contributed by atoms with Crippen LogP contribution >= 0.6 is 24.0 Å². The van der Waals surface area contributed by atoms with E-state index in [1.165, 1.54) is 5.69 Å². The van der Waals surface area contributed by atoms with E-state index in [4.69, 9.17) is 0 Å². The minimum Gasteiger partial charge on any atom is -0.372 e. The van der Waals surface area contributed by atoms with Gasteiger partial charge in [-0.25, -0.2) is 4.99 Å². The van der Waals surface area contributed by atoms with Crippen LogP contribution < -0.4 is 15.5 Å². The molecule has 0 fully saturated rings. The summed E-state index contributed by atoms with van der Waals surface area (Å²) in [5.41, 5.74) is 1.27. The molecule has 2 aromatic rings. The summed E-state index contributed by atoms with van der Waals surface area (Å²) in [7, 11) is 0. The predicted octanol–water partition coefficient (Wildman–Crippen LogP) is 2.89. The predicted molar refractivity (Wildman–Crippen MR) is 123 cm³/mol. The van der Waals surface area contributed by atoms with Crippen molar-refractivity contribution in [3.05, 3.63) is 42.5 Å². The number of aromatic nitrogens is 3. The van der Waals surface area contributed by atoms with Crippen molar-refractivity contribution in [3.8, 4) is 0 Å². The van der Waals surface area contributed by atoms with Crippen molar-refractivity contribution in [1.82, 2.24) is 25.4 Å². The Bertz CT molecular complexity index is 657. The van der Waals surface area contributed by atoms with Gasteiger partial charge in [0.25, 0.3) is 0 Å². The number of aryl methyl sites for hydroxylation is 1. The molecule has 0 amide bonds. The van der Waals surface area contributed by atoms with E-state index in [1.54, 1.807) is 6.33 Å². The second-order valence-corrected chi connectivity index (χ2v) is 5.92. The number of rotatable bonds is 10. The third-order valence-corrected chi connectivity index (χ3v) is 4.16. The first-order chi connectivity index (χ1) is 12.8. The first-order valence-electron chi connectivity index (χ1n) is 9.47. The van der Waals surface area contributed by atoms with Crippen LogP contribution in [0.4, 0.5) is 5.69 Å². The molecule has 0 radical (unpaired) electrons. The average molecular weight is 485 g/mol. The van der Waals surface area contributed by atoms with Crippen molar-refractivity contribution in [2.24, 2.45) is 4.99 Å². The van der Waals surface area contributed by atoms with Crippen molar-refractivity contribution < 1.29 is 0 Å². The summed E-state index contributed by atoms with van der Waals surface area (Å²) in [6.45, 7) is 11.4. The van der Waals surface area contributed by atoms with Crippen LogP contribution in [0.15, 0.2) is 41.7 Å². The molecule has 0 aliphatic heterocycles. The summed E-state index contributed by atoms with van der Waals surface area (Å²) in [5, 5.41) is 14.8. The van der Waals surface area contributed by atoms with E-state index in [2.05, 4.69) is 81.8 Å². The third-order valence-electron chi connectivity index (χ3n) is 4.16. The molecule has 8 heteroatoms. The molecule has 0 saturated carbocycles. The van der Waals surface area contributed by atoms with E-state index in [0.717, 1.165) is 50.9 Å². The fourth-order valence-corrected chi connectivity index (χ4v) is 2.74. The molecule has 0 aliphatic carbocycles. The zero-order chi connectivity index (χ0) is 18.6. The number of nitrogens with zero attached hydrogens (tertiary/aromatic N) is 5. The number of para-hydroxylation sites is 1. The van der Waals surface area contributed by atoms with Crippen molar-refractivity contribution in [2.75, 3.05) is 31.1 Å². The molecule has 150 valence electrons. The van der Waals surface area contributed by atoms with Crippen LogP contribution in [0.25, 0.3) is 0 Å². The molecule has 27 heavy (non-hydrogen) atoms. The van der Waals surface area contributed by atoms with E-state index in [9.17, 15) is 0 Å². The number of anilines is 1. The normalized spacial score (nSPS) is 11.0. The Kier molecular flexibility index (Phi) is 11.5. The topological polar surface area (TPSA) is 70.4 Å². The summed E-state index contributed by atoms with van der Waals surface area (Å²) in [4.78, 5) is 7.00. The average Bonchev–Trinajstić information content (AvgIpc) is 3.14. The van der Waals surface area contributed by atoms with Gasteiger partial charge in [-0.2, -0.15) is 0 Å². The van der Waals surface area contributed by atoms with Crippen LogP contribution in [0.3, 0.4) is 0 Å². The number of halogens is 1. The Morgan fingerprint density at radius 1 is 1.15 bits per heavy atom. The summed E-state index contributed by atoms with van der Waals surface area (Å²) in [5.74, 6) is 1.70. The van der Waals surface area contributed by atoms with Crippen LogP contribution in [-0.4, -0.2) is 46.9 Å². The lowest BCUT2D eigenvalue weighted by molar-refractivity contribution is 0.687. The number of benzene rings is 1. The van der Waals surface area contributed by atoms with Crippen LogP contribution in [0.5, 0.6) is 0 Å². The Labute approximate surface area is 179 Å². The van der Waals surface area contributed by atoms with Gasteiger partial charge < -0.3 is 20.1 Å². The van der Waals surface area contributed by atoms with Gasteiger partial charge in [0.15, 0.2) is 11.8 Å². The van der Waals surface area contributed by atoms with Gasteiger partial charge in [0, 0.05) is 38.4 Å². The molecule has 0 unspecified atom stereocenters. The molecule has 0 aliphatic rings. The molecule has 0 spiro atoms. The fourth-order valence-electron chi connectivity index (χ4n) is 2.74. The fraction of sp³-hybridized carbons (Fsp3) is 0.526. The zero-order valence-electron chi connectivity index (χ0n) is 16.6. The number of nitrogens with one attached hydrogen (secondary N) is 2. The maximum Gasteiger partial charge on any atom is 0.191 e. The molecule has 0 bridgehead atoms. The van der Waals surface area contributed by atoms with Crippen LogP contribution in [0.2, 0.25) is 0 Å². The summed E-state index contributed by atoms with van der Waals surface area (Å²) in [6.07, 6.45) is 2.78. The van der Waals surface area contributed by atoms with E-state index >= 15 is 0 Å². The van der Waals surface area contributed by atoms with Gasteiger partial charge >= 0.3 is 0 Å². The summed E-state index contributed by atoms with van der Waals surface area (Å²) in [6, 6.07) is 10.5. The summed E-state index contributed by atoms with van der Waals surface area (Å²) < 4.78 is 2.01. The van der Waals surface area contributed by atoms with Crippen molar-refractivity contribution in [1.29, 1.82) is 0 Å². The smallest absolute Gasteiger partial charge is 0.191 e. The van der Waals surface area contributed by atoms with Gasteiger partial charge in [-0.15, -0.1) is 34.2 Å². The molecule has 0 saturated heterocycles. The molecule has 0 atom stereocenters. The number of hydrogen-bond acceptors (Lipinski definition) is 4. The zero-order valence-corrected chi connectivity index (χ0v) is 18.9. The van der Waals surface area contributed by atoms with Gasteiger partial charge in [0.05, 0.1) is 0 Å². The van der Waals surface area contributed by atoms with Gasteiger partial charge in [0.1, 0.15) is 12.9 Å². The highest BCUT2D eigenvalue weighted by Gasteiger charge is 2.05. The maximum absolute atomic E-state index is 4.62. The van der Waals surface area contributed by atoms with E-state index < -0.39 is 0 Å². The first kappa shape index (κ1) is 23.2. The molecular weight excluding hydrogens is 453 g/mol. The monoisotopic (exact) mass is 485 g/mol. The standard InChI is InChI=1S/C19H31N7.HI/c1-4-20-19(22-15-18-24-23-16-26(18)6-3)21-13-10-14-25(5-2)17-11-8-7-9-12-17;/h7-9,11-12,16H,4-6,10,13-15H2,1-3H3,(H2,20,21,22);1H. The second-order valence-electron chi connectivity index (χ2n) is 5.92. The van der Waals surface area contributed by atoms with Crippen molar-refractivity contribution in [3.63, 3.8) is 0 Å². The minimum absolute atomic E-state index is 0. The quantitative estimate of drug-likeness (QED) is 0.235. The van der Waals surface area contributed by atoms with E-state index in [-0.39, 0.29) is 24.0 Å². The highest BCUT2D eigenvalue weighted by Crippen LogP contribution is 2.12. The third kappa shape index (κ3) is 7.74. The molecule has 1 heterocycles. The van der Waals surface area contributed by atoms with Crippen LogP contribution in [0.1, 0.15) is 33.0 Å². The van der Waals surface area contributed by atoms with Crippen molar-refractivity contribution >= 4 is 35.6 Å². The van der Waals surface area contributed by atoms with Gasteiger partial charge in [0.2, 0.25) is 0 Å². The summed E-state index contributed by atoms with van der Waals surface area (Å²) >= 11 is 0. The lowest BCUT2D eigenvalue weighted by atomic mass is 10.2. The largest absolute Gasteiger partial charge is 0.372 e. The van der Waals surface area contributed by atoms with E-state index in [0.29, 0.717) is 6.54 Å². The lowest BCUT2D eigenvalue weighted by Gasteiger charge is -2.23. The van der Waals surface area contributed by atoms with Crippen LogP contribution in [-0.2, 0) is 13.1 Å². The van der Waals surface area contributed by atoms with Crippen LogP contribution in [0, 0.1) is 0 Å². The molecule has 2 rings (SSSR count). The van der Waals surface area contributed by atoms with Gasteiger partial charge in [-0.3, -0.25) is 0 Å². The molecule has 1 aromatic heterocycles. The highest BCUT2D eigenvalue weighted by molar-refractivity contribution is 14.0. The molecule has 7 nitrogen and oxygen atoms in total. The Balaban J connectivity index is 0.00000364. The van der Waals surface area contributed by atoms with Gasteiger partial charge in [-0.05, 0) is 39.3 Å². The number of hydrogen-bond donors (Lipinski definition) is 2. The Hall–Kier alpha value is -1.84. The highest BCUT2D eigenvalue weighted by atomic mass is 127.